The lowest BCUT2D eigenvalue weighted by Gasteiger charge is -2.23. The number of benzene rings is 2. The van der Waals surface area contributed by atoms with Gasteiger partial charge in [0.2, 0.25) is 5.43 Å². The Morgan fingerprint density at radius 2 is 1.64 bits per heavy atom. The van der Waals surface area contributed by atoms with Crippen LogP contribution in [0, 0.1) is 5.92 Å². The largest absolute Gasteiger partial charge is 0.416 e. The van der Waals surface area contributed by atoms with Crippen molar-refractivity contribution in [3.05, 3.63) is 94.8 Å². The van der Waals surface area contributed by atoms with E-state index in [1.165, 1.54) is 24.7 Å². The number of amides is 1. The number of nitrogen functional groups attached to an aromatic ring is 1. The number of anilines is 2. The molecule has 3 N–H and O–H groups in total. The monoisotopic (exact) mass is 602 g/mol. The highest BCUT2D eigenvalue weighted by molar-refractivity contribution is 6.05. The molecule has 44 heavy (non-hydrogen) atoms. The van der Waals surface area contributed by atoms with Crippen molar-refractivity contribution in [1.82, 2.24) is 19.1 Å². The molecule has 2 aromatic carbocycles. The van der Waals surface area contributed by atoms with E-state index in [0.29, 0.717) is 42.5 Å². The third kappa shape index (κ3) is 5.80. The summed E-state index contributed by atoms with van der Waals surface area (Å²) in [5, 5.41) is 3.51. The highest BCUT2D eigenvalue weighted by Gasteiger charge is 2.30. The number of nitrogens with two attached hydrogens (primary N) is 1. The lowest BCUT2D eigenvalue weighted by Crippen LogP contribution is -2.26. The summed E-state index contributed by atoms with van der Waals surface area (Å²) in [6.07, 6.45) is 3.56. The van der Waals surface area contributed by atoms with Crippen LogP contribution in [-0.4, -0.2) is 38.2 Å². The molecular weight excluding hydrogens is 573 g/mol. The molecule has 0 saturated carbocycles. The molecule has 0 radical (unpaired) electrons. The maximum absolute atomic E-state index is 13.6. The van der Waals surface area contributed by atoms with E-state index in [0.717, 1.165) is 41.5 Å². The van der Waals surface area contributed by atoms with Gasteiger partial charge in [-0.05, 0) is 54.2 Å². The number of aryl methyl sites for hydroxylation is 1. The molecule has 0 unspecified atom stereocenters. The number of fused-ring (bicyclic) bond motifs is 1. The smallest absolute Gasteiger partial charge is 0.383 e. The Bertz CT molecular complexity index is 1890. The van der Waals surface area contributed by atoms with Crippen LogP contribution in [0.1, 0.15) is 28.8 Å². The first-order chi connectivity index (χ1) is 21.1. The van der Waals surface area contributed by atoms with Crippen LogP contribution in [0.2, 0.25) is 0 Å². The third-order valence-corrected chi connectivity index (χ3v) is 7.89. The van der Waals surface area contributed by atoms with Crippen molar-refractivity contribution in [2.75, 3.05) is 24.3 Å². The van der Waals surface area contributed by atoms with E-state index in [1.54, 1.807) is 22.9 Å². The summed E-state index contributed by atoms with van der Waals surface area (Å²) in [4.78, 5) is 35.5. The highest BCUT2D eigenvalue weighted by atomic mass is 19.4. The average molecular weight is 603 g/mol. The lowest BCUT2D eigenvalue weighted by atomic mass is 9.99. The average Bonchev–Trinajstić information content (AvgIpc) is 3.36. The number of hydrogen-bond acceptors (Lipinski definition) is 6. The maximum atomic E-state index is 13.6. The Kier molecular flexibility index (Phi) is 7.68. The summed E-state index contributed by atoms with van der Waals surface area (Å²) in [6, 6.07) is 11.4. The fourth-order valence-corrected chi connectivity index (χ4v) is 5.55. The summed E-state index contributed by atoms with van der Waals surface area (Å²) in [7, 11) is 1.86. The van der Waals surface area contributed by atoms with E-state index < -0.39 is 23.1 Å². The molecule has 1 saturated heterocycles. The van der Waals surface area contributed by atoms with Crippen LogP contribution < -0.4 is 16.5 Å². The second-order valence-corrected chi connectivity index (χ2v) is 10.9. The fourth-order valence-electron chi connectivity index (χ4n) is 5.55. The Balaban J connectivity index is 1.31. The molecule has 226 valence electrons. The minimum Gasteiger partial charge on any atom is -0.383 e. The number of ether oxygens (including phenoxy) is 1. The number of rotatable bonds is 6. The van der Waals surface area contributed by atoms with E-state index in [1.807, 2.05) is 29.9 Å². The predicted molar refractivity (Wildman–Crippen MR) is 161 cm³/mol. The SMILES string of the molecule is Cn1cc(-c2ccc(NC(=O)c3cn(CC4CCOCC4)cc(-c4ccc(C(F)(F)F)cc4)c3=O)cc2)c2c(N)ncnc21. The summed E-state index contributed by atoms with van der Waals surface area (Å²) in [6.45, 7) is 1.78. The van der Waals surface area contributed by atoms with Crippen molar-refractivity contribution in [1.29, 1.82) is 0 Å². The zero-order valence-corrected chi connectivity index (χ0v) is 23.8. The minimum absolute atomic E-state index is 0.113. The molecule has 0 bridgehead atoms. The second-order valence-electron chi connectivity index (χ2n) is 10.9. The lowest BCUT2D eigenvalue weighted by molar-refractivity contribution is -0.137. The molecule has 0 atom stereocenters. The number of alkyl halides is 3. The van der Waals surface area contributed by atoms with Crippen molar-refractivity contribution >= 4 is 28.4 Å². The van der Waals surface area contributed by atoms with Gasteiger partial charge in [0, 0.05) is 62.2 Å². The zero-order chi connectivity index (χ0) is 31.0. The fraction of sp³-hybridized carbons (Fsp3) is 0.250. The normalized spacial score (nSPS) is 14.2. The number of carbonyl (C=O) groups is 1. The molecule has 0 spiro atoms. The molecular formula is C32H29F3N6O3. The van der Waals surface area contributed by atoms with Crippen molar-refractivity contribution < 1.29 is 22.7 Å². The van der Waals surface area contributed by atoms with E-state index in [-0.39, 0.29) is 17.0 Å². The van der Waals surface area contributed by atoms with Gasteiger partial charge in [0.05, 0.1) is 10.9 Å². The second kappa shape index (κ2) is 11.6. The number of nitrogens with zero attached hydrogens (tertiary/aromatic N) is 4. The summed E-state index contributed by atoms with van der Waals surface area (Å²) < 4.78 is 48.6. The molecule has 12 heteroatoms. The van der Waals surface area contributed by atoms with Gasteiger partial charge in [0.25, 0.3) is 5.91 Å². The number of carbonyl (C=O) groups excluding carboxylic acids is 1. The highest BCUT2D eigenvalue weighted by Crippen LogP contribution is 2.33. The molecule has 4 heterocycles. The minimum atomic E-state index is -4.51. The van der Waals surface area contributed by atoms with E-state index >= 15 is 0 Å². The first kappa shape index (κ1) is 29.1. The van der Waals surface area contributed by atoms with Crippen LogP contribution in [0.3, 0.4) is 0 Å². The Morgan fingerprint density at radius 3 is 2.32 bits per heavy atom. The van der Waals surface area contributed by atoms with Crippen LogP contribution >= 0.6 is 0 Å². The number of nitrogens with one attached hydrogen (secondary N) is 1. The summed E-state index contributed by atoms with van der Waals surface area (Å²) in [5.74, 6) is -0.00310. The predicted octanol–water partition coefficient (Wildman–Crippen LogP) is 5.74. The summed E-state index contributed by atoms with van der Waals surface area (Å²) >= 11 is 0. The molecule has 1 aliphatic rings. The van der Waals surface area contributed by atoms with Crippen LogP contribution in [0.15, 0.2) is 78.2 Å². The van der Waals surface area contributed by atoms with Crippen molar-refractivity contribution in [2.45, 2.75) is 25.6 Å². The standard InChI is InChI=1S/C32H29F3N6O3/c1-40-15-24(27-29(36)37-18-38-30(27)40)20-4-8-23(9-5-20)39-31(43)26-17-41(14-19-10-12-44-13-11-19)16-25(28(26)42)21-2-6-22(7-3-21)32(33,34)35/h2-9,15-19H,10-14H2,1H3,(H,39,43)(H2,36,37,38). The molecule has 5 aromatic rings. The maximum Gasteiger partial charge on any atom is 0.416 e. The van der Waals surface area contributed by atoms with Crippen LogP contribution in [0.25, 0.3) is 33.3 Å². The van der Waals surface area contributed by atoms with E-state index in [2.05, 4.69) is 15.3 Å². The van der Waals surface area contributed by atoms with Crippen LogP contribution in [0.5, 0.6) is 0 Å². The van der Waals surface area contributed by atoms with Gasteiger partial charge in [-0.3, -0.25) is 9.59 Å². The van der Waals surface area contributed by atoms with E-state index in [4.69, 9.17) is 10.5 Å². The molecule has 6 rings (SSSR count). The van der Waals surface area contributed by atoms with Crippen molar-refractivity contribution in [3.8, 4) is 22.3 Å². The number of hydrogen-bond donors (Lipinski definition) is 2. The van der Waals surface area contributed by atoms with Gasteiger partial charge in [-0.15, -0.1) is 0 Å². The molecule has 1 amide bonds. The number of aromatic nitrogens is 4. The topological polar surface area (TPSA) is 117 Å². The molecule has 1 aliphatic heterocycles. The molecule has 9 nitrogen and oxygen atoms in total. The third-order valence-electron chi connectivity index (χ3n) is 7.89. The quantitative estimate of drug-likeness (QED) is 0.256. The van der Waals surface area contributed by atoms with Gasteiger partial charge >= 0.3 is 6.18 Å². The summed E-state index contributed by atoms with van der Waals surface area (Å²) in [5.41, 5.74) is 7.86. The molecule has 1 fully saturated rings. The zero-order valence-electron chi connectivity index (χ0n) is 23.8. The van der Waals surface area contributed by atoms with Gasteiger partial charge in [-0.1, -0.05) is 24.3 Å². The van der Waals surface area contributed by atoms with Crippen molar-refractivity contribution in [3.63, 3.8) is 0 Å². The Hall–Kier alpha value is -4.97. The Morgan fingerprint density at radius 1 is 0.977 bits per heavy atom. The van der Waals surface area contributed by atoms with E-state index in [9.17, 15) is 22.8 Å². The van der Waals surface area contributed by atoms with Crippen molar-refractivity contribution in [2.24, 2.45) is 13.0 Å². The van der Waals surface area contributed by atoms with Gasteiger partial charge in [0.15, 0.2) is 0 Å². The van der Waals surface area contributed by atoms with Crippen LogP contribution in [-0.2, 0) is 24.5 Å². The van der Waals surface area contributed by atoms with Gasteiger partial charge < -0.3 is 24.9 Å². The molecule has 3 aromatic heterocycles. The number of halogens is 3. The van der Waals surface area contributed by atoms with Crippen LogP contribution in [0.4, 0.5) is 24.7 Å². The Labute approximate surface area is 250 Å². The van der Waals surface area contributed by atoms with Gasteiger partial charge in [-0.2, -0.15) is 13.2 Å². The first-order valence-corrected chi connectivity index (χ1v) is 14.0. The molecule has 0 aliphatic carbocycles. The van der Waals surface area contributed by atoms with Gasteiger partial charge in [-0.25, -0.2) is 9.97 Å². The first-order valence-electron chi connectivity index (χ1n) is 14.0. The van der Waals surface area contributed by atoms with Gasteiger partial charge in [0.1, 0.15) is 23.4 Å². The number of pyridine rings is 1.